The number of rotatable bonds is 4. The fourth-order valence-corrected chi connectivity index (χ4v) is 1.95. The van der Waals surface area contributed by atoms with Crippen LogP contribution in [0.1, 0.15) is 39.0 Å². The zero-order valence-corrected chi connectivity index (χ0v) is 9.46. The number of aliphatic hydroxyl groups is 1. The van der Waals surface area contributed by atoms with Gasteiger partial charge in [0.25, 0.3) is 0 Å². The van der Waals surface area contributed by atoms with Crippen molar-refractivity contribution in [2.24, 2.45) is 5.92 Å². The lowest BCUT2D eigenvalue weighted by atomic mass is 9.86. The molecule has 2 atom stereocenters. The molecule has 0 spiro atoms. The van der Waals surface area contributed by atoms with Gasteiger partial charge in [-0.05, 0) is 19.3 Å². The monoisotopic (exact) mass is 214 g/mol. The molecule has 1 aliphatic carbocycles. The Labute approximate surface area is 91.4 Å². The second kappa shape index (κ2) is 6.67. The highest BCUT2D eigenvalue weighted by Gasteiger charge is 2.22. The minimum atomic E-state index is -0.231. The Morgan fingerprint density at radius 1 is 1.33 bits per heavy atom. The van der Waals surface area contributed by atoms with E-state index in [4.69, 9.17) is 0 Å². The maximum atomic E-state index is 11.2. The predicted octanol–water partition coefficient (Wildman–Crippen LogP) is 1.25. The van der Waals surface area contributed by atoms with Crippen molar-refractivity contribution in [2.75, 3.05) is 13.1 Å². The molecule has 0 heterocycles. The molecule has 15 heavy (non-hydrogen) atoms. The van der Waals surface area contributed by atoms with Crippen molar-refractivity contribution in [1.82, 2.24) is 10.6 Å². The van der Waals surface area contributed by atoms with E-state index in [0.717, 1.165) is 25.7 Å². The van der Waals surface area contributed by atoms with E-state index in [1.54, 1.807) is 0 Å². The fraction of sp³-hybridized carbons (Fsp3) is 0.909. The van der Waals surface area contributed by atoms with Gasteiger partial charge in [-0.25, -0.2) is 4.79 Å². The summed E-state index contributed by atoms with van der Waals surface area (Å²) in [7, 11) is 0. The van der Waals surface area contributed by atoms with E-state index in [1.807, 2.05) is 6.92 Å². The standard InChI is InChI=1S/C11H22N2O2/c1-2-7-12-11(15)13-8-9-5-3-4-6-10(9)14/h9-10,14H,2-8H2,1H3,(H2,12,13,15). The first-order chi connectivity index (χ1) is 7.24. The van der Waals surface area contributed by atoms with E-state index < -0.39 is 0 Å². The maximum Gasteiger partial charge on any atom is 0.314 e. The summed E-state index contributed by atoms with van der Waals surface area (Å²) in [5.74, 6) is 0.242. The Morgan fingerprint density at radius 3 is 2.73 bits per heavy atom. The van der Waals surface area contributed by atoms with Gasteiger partial charge in [-0.3, -0.25) is 0 Å². The van der Waals surface area contributed by atoms with Gasteiger partial charge < -0.3 is 15.7 Å². The van der Waals surface area contributed by atoms with Gasteiger partial charge in [-0.2, -0.15) is 0 Å². The normalized spacial score (nSPS) is 26.0. The van der Waals surface area contributed by atoms with E-state index >= 15 is 0 Å². The Hall–Kier alpha value is -0.770. The molecule has 0 saturated heterocycles. The van der Waals surface area contributed by atoms with Crippen molar-refractivity contribution in [2.45, 2.75) is 45.1 Å². The van der Waals surface area contributed by atoms with Gasteiger partial charge in [0.1, 0.15) is 0 Å². The molecule has 3 N–H and O–H groups in total. The molecular weight excluding hydrogens is 192 g/mol. The van der Waals surface area contributed by atoms with Crippen molar-refractivity contribution in [1.29, 1.82) is 0 Å². The van der Waals surface area contributed by atoms with Crippen LogP contribution in [0.4, 0.5) is 4.79 Å². The van der Waals surface area contributed by atoms with E-state index in [1.165, 1.54) is 6.42 Å². The van der Waals surface area contributed by atoms with Gasteiger partial charge >= 0.3 is 6.03 Å². The van der Waals surface area contributed by atoms with Gasteiger partial charge in [-0.1, -0.05) is 19.8 Å². The topological polar surface area (TPSA) is 61.4 Å². The minimum absolute atomic E-state index is 0.116. The van der Waals surface area contributed by atoms with Crippen molar-refractivity contribution >= 4 is 6.03 Å². The Morgan fingerprint density at radius 2 is 2.07 bits per heavy atom. The lowest BCUT2D eigenvalue weighted by Gasteiger charge is -2.27. The van der Waals surface area contributed by atoms with Crippen molar-refractivity contribution in [3.63, 3.8) is 0 Å². The highest BCUT2D eigenvalue weighted by atomic mass is 16.3. The number of hydrogen-bond donors (Lipinski definition) is 3. The molecule has 0 radical (unpaired) electrons. The third-order valence-electron chi connectivity index (χ3n) is 2.93. The van der Waals surface area contributed by atoms with Crippen molar-refractivity contribution in [3.05, 3.63) is 0 Å². The van der Waals surface area contributed by atoms with Crippen molar-refractivity contribution < 1.29 is 9.90 Å². The lowest BCUT2D eigenvalue weighted by molar-refractivity contribution is 0.0709. The SMILES string of the molecule is CCCNC(=O)NCC1CCCCC1O. The molecule has 2 amide bonds. The van der Waals surface area contributed by atoms with Crippen LogP contribution in [0.2, 0.25) is 0 Å². The molecule has 4 heteroatoms. The van der Waals surface area contributed by atoms with E-state index in [-0.39, 0.29) is 18.1 Å². The summed E-state index contributed by atoms with van der Waals surface area (Å²) in [5, 5.41) is 15.2. The molecule has 1 aliphatic rings. The molecule has 0 aliphatic heterocycles. The predicted molar refractivity (Wildman–Crippen MR) is 59.7 cm³/mol. The highest BCUT2D eigenvalue weighted by molar-refractivity contribution is 5.73. The second-order valence-electron chi connectivity index (χ2n) is 4.25. The Kier molecular flexibility index (Phi) is 5.47. The van der Waals surface area contributed by atoms with Crippen LogP contribution in [-0.2, 0) is 0 Å². The largest absolute Gasteiger partial charge is 0.393 e. The van der Waals surface area contributed by atoms with Crippen molar-refractivity contribution in [3.8, 4) is 0 Å². The first kappa shape index (κ1) is 12.3. The van der Waals surface area contributed by atoms with Gasteiger partial charge in [0.2, 0.25) is 0 Å². The summed E-state index contributed by atoms with van der Waals surface area (Å²) in [6.07, 6.45) is 4.89. The molecule has 0 bridgehead atoms. The van der Waals surface area contributed by atoms with E-state index in [9.17, 15) is 9.90 Å². The van der Waals surface area contributed by atoms with Crippen LogP contribution in [0, 0.1) is 5.92 Å². The third-order valence-corrected chi connectivity index (χ3v) is 2.93. The molecule has 0 aromatic heterocycles. The highest BCUT2D eigenvalue weighted by Crippen LogP contribution is 2.23. The second-order valence-corrected chi connectivity index (χ2v) is 4.25. The number of urea groups is 1. The van der Waals surface area contributed by atoms with Crippen LogP contribution in [0.3, 0.4) is 0 Å². The minimum Gasteiger partial charge on any atom is -0.393 e. The Bertz CT molecular complexity index is 197. The molecule has 1 rings (SSSR count). The Balaban J connectivity index is 2.14. The average Bonchev–Trinajstić information content (AvgIpc) is 2.25. The number of carbonyl (C=O) groups excluding carboxylic acids is 1. The van der Waals surface area contributed by atoms with Gasteiger partial charge in [0, 0.05) is 19.0 Å². The van der Waals surface area contributed by atoms with E-state index in [0.29, 0.717) is 13.1 Å². The number of hydrogen-bond acceptors (Lipinski definition) is 2. The van der Waals surface area contributed by atoms with Crippen LogP contribution in [0.25, 0.3) is 0 Å². The van der Waals surface area contributed by atoms with E-state index in [2.05, 4.69) is 10.6 Å². The average molecular weight is 214 g/mol. The molecule has 1 saturated carbocycles. The molecule has 0 aromatic rings. The van der Waals surface area contributed by atoms with Crippen LogP contribution < -0.4 is 10.6 Å². The van der Waals surface area contributed by atoms with Crippen LogP contribution in [0.15, 0.2) is 0 Å². The fourth-order valence-electron chi connectivity index (χ4n) is 1.95. The summed E-state index contributed by atoms with van der Waals surface area (Å²) in [4.78, 5) is 11.2. The van der Waals surface area contributed by atoms with Gasteiger partial charge in [0.15, 0.2) is 0 Å². The molecular formula is C11H22N2O2. The molecule has 1 fully saturated rings. The summed E-state index contributed by atoms with van der Waals surface area (Å²) in [5.41, 5.74) is 0. The summed E-state index contributed by atoms with van der Waals surface area (Å²) in [6, 6.07) is -0.116. The van der Waals surface area contributed by atoms with Gasteiger partial charge in [-0.15, -0.1) is 0 Å². The maximum absolute atomic E-state index is 11.2. The number of nitrogens with one attached hydrogen (secondary N) is 2. The summed E-state index contributed by atoms with van der Waals surface area (Å²) in [6.45, 7) is 3.32. The lowest BCUT2D eigenvalue weighted by Crippen LogP contribution is -2.41. The first-order valence-corrected chi connectivity index (χ1v) is 5.93. The summed E-state index contributed by atoms with van der Waals surface area (Å²) < 4.78 is 0. The number of amides is 2. The zero-order valence-electron chi connectivity index (χ0n) is 9.46. The molecule has 0 aromatic carbocycles. The third kappa shape index (κ3) is 4.51. The zero-order chi connectivity index (χ0) is 11.1. The molecule has 2 unspecified atom stereocenters. The molecule has 88 valence electrons. The smallest absolute Gasteiger partial charge is 0.314 e. The van der Waals surface area contributed by atoms with Gasteiger partial charge in [0.05, 0.1) is 6.10 Å². The number of carbonyl (C=O) groups is 1. The number of aliphatic hydroxyl groups excluding tert-OH is 1. The molecule has 4 nitrogen and oxygen atoms in total. The quantitative estimate of drug-likeness (QED) is 0.659. The van der Waals surface area contributed by atoms with Crippen LogP contribution >= 0.6 is 0 Å². The van der Waals surface area contributed by atoms with Crippen LogP contribution in [0.5, 0.6) is 0 Å². The summed E-state index contributed by atoms with van der Waals surface area (Å²) >= 11 is 0. The van der Waals surface area contributed by atoms with Crippen LogP contribution in [-0.4, -0.2) is 30.3 Å². The first-order valence-electron chi connectivity index (χ1n) is 5.93.